The van der Waals surface area contributed by atoms with E-state index in [2.05, 4.69) is 129 Å². The summed E-state index contributed by atoms with van der Waals surface area (Å²) >= 11 is 0. The quantitative estimate of drug-likeness (QED) is 0.0243. The van der Waals surface area contributed by atoms with Gasteiger partial charge in [0.25, 0.3) is 0 Å². The average molecular weight is 995 g/mol. The number of quaternary nitrogens is 1. The Bertz CT molecular complexity index is 1550. The smallest absolute Gasteiger partial charge is 0.387 e. The largest absolute Gasteiger partial charge is 0.472 e. The van der Waals surface area contributed by atoms with Gasteiger partial charge in [-0.25, -0.2) is 4.57 Å². The van der Waals surface area contributed by atoms with Gasteiger partial charge in [0.05, 0.1) is 39.9 Å². The zero-order valence-electron chi connectivity index (χ0n) is 45.5. The van der Waals surface area contributed by atoms with Crippen LogP contribution in [0.3, 0.4) is 0 Å². The summed E-state index contributed by atoms with van der Waals surface area (Å²) in [7, 11) is 1.52. The van der Waals surface area contributed by atoms with E-state index in [-0.39, 0.29) is 25.5 Å². The summed E-state index contributed by atoms with van der Waals surface area (Å²) in [6, 6.07) is -0.887. The molecule has 0 aliphatic rings. The van der Waals surface area contributed by atoms with Gasteiger partial charge in [-0.15, -0.1) is 0 Å². The van der Waals surface area contributed by atoms with Crippen molar-refractivity contribution in [3.05, 3.63) is 122 Å². The number of aliphatic hydroxyl groups excluding tert-OH is 1. The lowest BCUT2D eigenvalue weighted by Gasteiger charge is -2.25. The Morgan fingerprint density at radius 3 is 1.24 bits per heavy atom. The van der Waals surface area contributed by atoms with Crippen molar-refractivity contribution in [2.24, 2.45) is 0 Å². The molecule has 1 amide bonds. The van der Waals surface area contributed by atoms with Gasteiger partial charge in [0.1, 0.15) is 13.2 Å². The minimum Gasteiger partial charge on any atom is -0.387 e. The molecule has 9 heteroatoms. The van der Waals surface area contributed by atoms with E-state index in [1.165, 1.54) is 96.3 Å². The van der Waals surface area contributed by atoms with Gasteiger partial charge in [-0.2, -0.15) is 0 Å². The van der Waals surface area contributed by atoms with Crippen molar-refractivity contribution in [3.63, 3.8) is 0 Å². The van der Waals surface area contributed by atoms with Crippen molar-refractivity contribution in [2.45, 2.75) is 219 Å². The summed E-state index contributed by atoms with van der Waals surface area (Å²) in [5.41, 5.74) is 0. The minimum atomic E-state index is -4.37. The molecule has 0 aromatic heterocycles. The molecule has 0 saturated heterocycles. The topological polar surface area (TPSA) is 105 Å². The van der Waals surface area contributed by atoms with Crippen LogP contribution in [-0.2, 0) is 18.4 Å². The van der Waals surface area contributed by atoms with Crippen molar-refractivity contribution in [2.75, 3.05) is 40.9 Å². The molecule has 0 heterocycles. The molecule has 0 aliphatic heterocycles. The van der Waals surface area contributed by atoms with E-state index in [9.17, 15) is 19.4 Å². The molecule has 0 aromatic carbocycles. The first-order chi connectivity index (χ1) is 34.0. The maximum Gasteiger partial charge on any atom is 0.472 e. The molecule has 0 saturated carbocycles. The van der Waals surface area contributed by atoms with Crippen molar-refractivity contribution < 1.29 is 32.9 Å². The van der Waals surface area contributed by atoms with Gasteiger partial charge in [0.2, 0.25) is 5.91 Å². The summed E-state index contributed by atoms with van der Waals surface area (Å²) in [4.78, 5) is 23.3. The summed E-state index contributed by atoms with van der Waals surface area (Å²) < 4.78 is 23.7. The first-order valence-electron chi connectivity index (χ1n) is 27.9. The van der Waals surface area contributed by atoms with E-state index in [1.807, 2.05) is 27.2 Å². The Hall–Kier alpha value is -3.10. The molecule has 3 unspecified atom stereocenters. The van der Waals surface area contributed by atoms with Gasteiger partial charge in [-0.3, -0.25) is 13.8 Å². The lowest BCUT2D eigenvalue weighted by Crippen LogP contribution is -2.45. The highest BCUT2D eigenvalue weighted by Gasteiger charge is 2.27. The Morgan fingerprint density at radius 2 is 0.857 bits per heavy atom. The molecule has 70 heavy (non-hydrogen) atoms. The van der Waals surface area contributed by atoms with Crippen LogP contribution < -0.4 is 5.32 Å². The Balaban J connectivity index is 4.41. The van der Waals surface area contributed by atoms with E-state index < -0.39 is 20.0 Å². The number of phosphoric ester groups is 1. The predicted octanol–water partition coefficient (Wildman–Crippen LogP) is 17.0. The second-order valence-electron chi connectivity index (χ2n) is 19.6. The Morgan fingerprint density at radius 1 is 0.500 bits per heavy atom. The number of nitrogens with zero attached hydrogens (tertiary/aromatic N) is 1. The van der Waals surface area contributed by atoms with E-state index in [0.29, 0.717) is 17.4 Å². The van der Waals surface area contributed by atoms with Gasteiger partial charge in [0, 0.05) is 6.42 Å². The molecule has 3 N–H and O–H groups in total. The zero-order chi connectivity index (χ0) is 51.3. The van der Waals surface area contributed by atoms with Crippen molar-refractivity contribution in [3.8, 4) is 0 Å². The molecule has 0 radical (unpaired) electrons. The first kappa shape index (κ1) is 66.9. The van der Waals surface area contributed by atoms with E-state index in [0.717, 1.165) is 83.5 Å². The van der Waals surface area contributed by atoms with Crippen LogP contribution in [0.15, 0.2) is 122 Å². The number of hydrogen-bond acceptors (Lipinski definition) is 5. The van der Waals surface area contributed by atoms with Crippen molar-refractivity contribution in [1.29, 1.82) is 0 Å². The first-order valence-corrected chi connectivity index (χ1v) is 29.4. The number of phosphoric acid groups is 1. The third kappa shape index (κ3) is 52.7. The van der Waals surface area contributed by atoms with Crippen LogP contribution in [0.2, 0.25) is 0 Å². The number of aliphatic hydroxyl groups is 1. The summed E-state index contributed by atoms with van der Waals surface area (Å²) in [5.74, 6) is -0.239. The fourth-order valence-corrected chi connectivity index (χ4v) is 8.07. The second-order valence-corrected chi connectivity index (χ2v) is 21.0. The molecular weight excluding hydrogens is 888 g/mol. The van der Waals surface area contributed by atoms with Gasteiger partial charge >= 0.3 is 7.82 Å². The number of carbonyl (C=O) groups is 1. The molecule has 0 rings (SSSR count). The van der Waals surface area contributed by atoms with Crippen LogP contribution in [-0.4, -0.2) is 73.4 Å². The maximum absolute atomic E-state index is 12.9. The number of unbranched alkanes of at least 4 members (excludes halogenated alkanes) is 18. The lowest BCUT2D eigenvalue weighted by molar-refractivity contribution is -0.870. The van der Waals surface area contributed by atoms with E-state index in [4.69, 9.17) is 9.05 Å². The van der Waals surface area contributed by atoms with Crippen LogP contribution in [0.1, 0.15) is 206 Å². The monoisotopic (exact) mass is 994 g/mol. The fraction of sp³-hybridized carbons (Fsp3) is 0.656. The zero-order valence-corrected chi connectivity index (χ0v) is 46.4. The number of allylic oxidation sites excluding steroid dienone is 19. The lowest BCUT2D eigenvalue weighted by atomic mass is 10.0. The Labute approximate surface area is 431 Å². The maximum atomic E-state index is 12.9. The van der Waals surface area contributed by atoms with Crippen LogP contribution in [0.4, 0.5) is 0 Å². The summed E-state index contributed by atoms with van der Waals surface area (Å²) in [6.07, 6.45) is 75.8. The number of nitrogens with one attached hydrogen (secondary N) is 1. The number of rotatable bonds is 49. The standard InChI is InChI=1S/C61H105N2O6P/c1-6-8-10-12-14-16-18-20-22-24-26-27-28-29-30-31-32-33-34-35-37-39-41-43-45-47-49-51-53-55-61(65)62-59(58-69-70(66,67)68-57-56-63(3,4)5)60(64)54-52-50-48-46-44-42-40-38-36-25-23-21-19-17-15-13-11-9-7-2/h8,10,14,16,20,22,26-27,29-30,32-33,35,37,41,43,47,49,52,54,59-60,64H,6-7,9,11-13,15,17-19,21,23-25,28,31,34,36,38-40,42,44-46,48,50-51,53,55-58H2,1-5H3,(H-,62,65,66,67)/p+1/b10-8-,16-14-,22-20-,27-26-,30-29-,33-32-,37-35-,43-41-,49-47-,54-52+. The third-order valence-electron chi connectivity index (χ3n) is 11.7. The van der Waals surface area contributed by atoms with Gasteiger partial charge in [-0.05, 0) is 83.5 Å². The van der Waals surface area contributed by atoms with Gasteiger partial charge in [0.15, 0.2) is 0 Å². The molecule has 0 aliphatic carbocycles. The number of hydrogen-bond donors (Lipinski definition) is 3. The highest BCUT2D eigenvalue weighted by molar-refractivity contribution is 7.47. The number of likely N-dealkylation sites (N-methyl/N-ethyl adjacent to an activating group) is 1. The number of carbonyl (C=O) groups excluding carboxylic acids is 1. The molecule has 0 fully saturated rings. The molecule has 0 bridgehead atoms. The molecule has 3 atom stereocenters. The SMILES string of the molecule is CC/C=C\C/C=C\C/C=C\C/C=C\C/C=C\C/C=C\C/C=C\C/C=C\C/C=C\CCCC(=O)NC(COP(=O)(O)OCC[N+](C)(C)C)C(O)/C=C/CCCCCCCCCCCCCCCCCCC. The van der Waals surface area contributed by atoms with Gasteiger partial charge < -0.3 is 19.8 Å². The van der Waals surface area contributed by atoms with Crippen LogP contribution in [0, 0.1) is 0 Å². The minimum absolute atomic E-state index is 0.0439. The van der Waals surface area contributed by atoms with Crippen LogP contribution in [0.5, 0.6) is 0 Å². The molecule has 400 valence electrons. The normalized spacial score (nSPS) is 14.9. The van der Waals surface area contributed by atoms with E-state index in [1.54, 1.807) is 6.08 Å². The fourth-order valence-electron chi connectivity index (χ4n) is 7.34. The summed E-state index contributed by atoms with van der Waals surface area (Å²) in [6.45, 7) is 4.65. The highest BCUT2D eigenvalue weighted by atomic mass is 31.2. The number of amides is 1. The molecule has 0 aromatic rings. The van der Waals surface area contributed by atoms with Crippen LogP contribution in [0.25, 0.3) is 0 Å². The molecule has 8 nitrogen and oxygen atoms in total. The summed E-state index contributed by atoms with van der Waals surface area (Å²) in [5, 5.41) is 13.9. The third-order valence-corrected chi connectivity index (χ3v) is 12.7. The van der Waals surface area contributed by atoms with E-state index >= 15 is 0 Å². The van der Waals surface area contributed by atoms with Crippen LogP contribution >= 0.6 is 7.82 Å². The van der Waals surface area contributed by atoms with Crippen molar-refractivity contribution >= 4 is 13.7 Å². The highest BCUT2D eigenvalue weighted by Crippen LogP contribution is 2.43. The molecular formula is C61H106N2O6P+. The van der Waals surface area contributed by atoms with Gasteiger partial charge in [-0.1, -0.05) is 238 Å². The van der Waals surface area contributed by atoms with Crippen molar-refractivity contribution in [1.82, 2.24) is 5.32 Å². The predicted molar refractivity (Wildman–Crippen MR) is 304 cm³/mol. The second kappa shape index (κ2) is 50.8. The average Bonchev–Trinajstić information content (AvgIpc) is 3.32. The molecule has 0 spiro atoms. The Kier molecular flexibility index (Phi) is 48.6.